The maximum atomic E-state index is 12.3. The molecule has 1 heterocycles. The molecular formula is C17H14O5. The van der Waals surface area contributed by atoms with Crippen LogP contribution >= 0.6 is 0 Å². The van der Waals surface area contributed by atoms with E-state index in [0.717, 1.165) is 16.9 Å². The van der Waals surface area contributed by atoms with Gasteiger partial charge in [-0.25, -0.2) is 0 Å². The molecule has 112 valence electrons. The van der Waals surface area contributed by atoms with Crippen LogP contribution in [0.1, 0.15) is 21.5 Å². The van der Waals surface area contributed by atoms with Crippen molar-refractivity contribution >= 4 is 11.9 Å². The number of hydrogen-bond acceptors (Lipinski definition) is 5. The summed E-state index contributed by atoms with van der Waals surface area (Å²) in [6, 6.07) is 8.15. The number of rotatable bonds is 2. The van der Waals surface area contributed by atoms with Crippen LogP contribution in [0.2, 0.25) is 0 Å². The average molecular weight is 298 g/mol. The van der Waals surface area contributed by atoms with E-state index < -0.39 is 5.75 Å². The zero-order valence-corrected chi connectivity index (χ0v) is 12.1. The van der Waals surface area contributed by atoms with Gasteiger partial charge in [0.1, 0.15) is 5.75 Å². The lowest BCUT2D eigenvalue weighted by Gasteiger charge is -2.05. The first-order valence-corrected chi connectivity index (χ1v) is 6.65. The summed E-state index contributed by atoms with van der Waals surface area (Å²) in [6.07, 6.45) is 1.59. The highest BCUT2D eigenvalue weighted by Crippen LogP contribution is 2.44. The van der Waals surface area contributed by atoms with Gasteiger partial charge in [0.15, 0.2) is 17.3 Å². The molecule has 5 nitrogen and oxygen atoms in total. The fourth-order valence-electron chi connectivity index (χ4n) is 2.37. The molecule has 0 radical (unpaired) electrons. The average Bonchev–Trinajstić information content (AvgIpc) is 2.81. The molecule has 1 aliphatic rings. The fourth-order valence-corrected chi connectivity index (χ4v) is 2.37. The first-order valence-electron chi connectivity index (χ1n) is 6.65. The Morgan fingerprint density at radius 1 is 1.18 bits per heavy atom. The number of carbonyl (C=O) groups excluding carboxylic acids is 1. The predicted octanol–water partition coefficient (Wildman–Crippen LogP) is 3.03. The molecule has 2 aromatic rings. The van der Waals surface area contributed by atoms with Crippen molar-refractivity contribution in [3.05, 3.63) is 52.8 Å². The summed E-state index contributed by atoms with van der Waals surface area (Å²) in [4.78, 5) is 12.3. The largest absolute Gasteiger partial charge is 0.504 e. The third-order valence-corrected chi connectivity index (χ3v) is 3.51. The molecule has 2 aromatic carbocycles. The Hall–Kier alpha value is -2.95. The third-order valence-electron chi connectivity index (χ3n) is 3.51. The van der Waals surface area contributed by atoms with E-state index in [0.29, 0.717) is 0 Å². The number of methoxy groups -OCH3 is 1. The number of fused-ring (bicyclic) bond motifs is 1. The second-order valence-corrected chi connectivity index (χ2v) is 4.98. The lowest BCUT2D eigenvalue weighted by molar-refractivity contribution is 0.101. The van der Waals surface area contributed by atoms with Gasteiger partial charge in [-0.3, -0.25) is 4.79 Å². The number of hydrogen-bond donors (Lipinski definition) is 2. The minimum absolute atomic E-state index is 0.0125. The zero-order valence-electron chi connectivity index (χ0n) is 12.1. The van der Waals surface area contributed by atoms with Crippen LogP contribution in [-0.4, -0.2) is 23.1 Å². The molecule has 0 aromatic heterocycles. The molecule has 0 aliphatic carbocycles. The highest BCUT2D eigenvalue weighted by molar-refractivity contribution is 6.15. The number of aryl methyl sites for hydroxylation is 1. The predicted molar refractivity (Wildman–Crippen MR) is 80.4 cm³/mol. The normalized spacial score (nSPS) is 14.8. The quantitative estimate of drug-likeness (QED) is 0.658. The van der Waals surface area contributed by atoms with Crippen molar-refractivity contribution in [2.45, 2.75) is 6.92 Å². The zero-order chi connectivity index (χ0) is 15.9. The molecule has 22 heavy (non-hydrogen) atoms. The van der Waals surface area contributed by atoms with Crippen molar-refractivity contribution in [1.29, 1.82) is 0 Å². The number of aromatic hydroxyl groups is 2. The summed E-state index contributed by atoms with van der Waals surface area (Å²) >= 11 is 0. The summed E-state index contributed by atoms with van der Waals surface area (Å²) in [5.74, 6) is -0.249. The smallest absolute Gasteiger partial charge is 0.232 e. The Labute approximate surface area is 127 Å². The number of allylic oxidation sites excluding steroid dienone is 1. The van der Waals surface area contributed by atoms with Gasteiger partial charge >= 0.3 is 0 Å². The number of carbonyl (C=O) groups is 1. The number of ether oxygens (including phenoxy) is 2. The number of Topliss-reactive ketones (excluding diaryl/α,β-unsaturated/α-hetero) is 1. The molecule has 1 aliphatic heterocycles. The van der Waals surface area contributed by atoms with E-state index in [4.69, 9.17) is 9.47 Å². The van der Waals surface area contributed by atoms with Crippen LogP contribution in [0.3, 0.4) is 0 Å². The van der Waals surface area contributed by atoms with Crippen molar-refractivity contribution in [3.8, 4) is 23.0 Å². The molecule has 0 atom stereocenters. The molecule has 5 heteroatoms. The van der Waals surface area contributed by atoms with Gasteiger partial charge in [-0.1, -0.05) is 6.07 Å². The van der Waals surface area contributed by atoms with Crippen LogP contribution in [0.25, 0.3) is 6.08 Å². The third kappa shape index (κ3) is 2.16. The summed E-state index contributed by atoms with van der Waals surface area (Å²) < 4.78 is 10.6. The fraction of sp³-hybridized carbons (Fsp3) is 0.118. The van der Waals surface area contributed by atoms with Crippen molar-refractivity contribution in [3.63, 3.8) is 0 Å². The van der Waals surface area contributed by atoms with Crippen LogP contribution in [0.5, 0.6) is 23.0 Å². The number of benzene rings is 2. The van der Waals surface area contributed by atoms with Gasteiger partial charge in [0, 0.05) is 0 Å². The van der Waals surface area contributed by atoms with Gasteiger partial charge in [-0.2, -0.15) is 0 Å². The van der Waals surface area contributed by atoms with Crippen LogP contribution in [0.15, 0.2) is 36.1 Å². The van der Waals surface area contributed by atoms with Crippen LogP contribution < -0.4 is 9.47 Å². The summed E-state index contributed by atoms with van der Waals surface area (Å²) in [6.45, 7) is 1.90. The van der Waals surface area contributed by atoms with E-state index in [1.54, 1.807) is 25.3 Å². The topological polar surface area (TPSA) is 76.0 Å². The molecule has 0 fully saturated rings. The molecule has 0 unspecified atom stereocenters. The summed E-state index contributed by atoms with van der Waals surface area (Å²) in [5, 5.41) is 19.2. The SMILES string of the molecule is COc1ccc(C=C2Oc3c(ccc(O)c3O)C2=O)cc1C. The van der Waals surface area contributed by atoms with Crippen molar-refractivity contribution in [1.82, 2.24) is 0 Å². The lowest BCUT2D eigenvalue weighted by atomic mass is 10.1. The van der Waals surface area contributed by atoms with Gasteiger partial charge in [-0.15, -0.1) is 0 Å². The van der Waals surface area contributed by atoms with Crippen molar-refractivity contribution in [2.24, 2.45) is 0 Å². The van der Waals surface area contributed by atoms with Crippen LogP contribution in [-0.2, 0) is 0 Å². The van der Waals surface area contributed by atoms with E-state index in [-0.39, 0.29) is 28.6 Å². The molecule has 0 saturated heterocycles. The minimum Gasteiger partial charge on any atom is -0.504 e. The maximum Gasteiger partial charge on any atom is 0.232 e. The Balaban J connectivity index is 1.99. The van der Waals surface area contributed by atoms with Gasteiger partial charge in [0.2, 0.25) is 11.5 Å². The van der Waals surface area contributed by atoms with E-state index >= 15 is 0 Å². The number of phenols is 2. The highest BCUT2D eigenvalue weighted by atomic mass is 16.5. The molecule has 0 bridgehead atoms. The molecule has 0 saturated carbocycles. The molecule has 2 N–H and O–H groups in total. The maximum absolute atomic E-state index is 12.3. The first kappa shape index (κ1) is 14.0. The van der Waals surface area contributed by atoms with E-state index in [1.165, 1.54) is 12.1 Å². The van der Waals surface area contributed by atoms with Crippen molar-refractivity contribution in [2.75, 3.05) is 7.11 Å². The van der Waals surface area contributed by atoms with Gasteiger partial charge < -0.3 is 19.7 Å². The first-order chi connectivity index (χ1) is 10.5. The van der Waals surface area contributed by atoms with Gasteiger partial charge in [-0.05, 0) is 48.4 Å². The summed E-state index contributed by atoms with van der Waals surface area (Å²) in [5.41, 5.74) is 1.94. The standard InChI is InChI=1S/C17H14O5/c1-9-7-10(3-6-13(9)21-2)8-14-15(19)11-4-5-12(18)16(20)17(11)22-14/h3-8,18,20H,1-2H3. The van der Waals surface area contributed by atoms with Crippen LogP contribution in [0, 0.1) is 6.92 Å². The summed E-state index contributed by atoms with van der Waals surface area (Å²) in [7, 11) is 1.59. The van der Waals surface area contributed by atoms with Crippen LogP contribution in [0.4, 0.5) is 0 Å². The second kappa shape index (κ2) is 5.11. The van der Waals surface area contributed by atoms with Gasteiger partial charge in [0.25, 0.3) is 0 Å². The van der Waals surface area contributed by atoms with E-state index in [9.17, 15) is 15.0 Å². The highest BCUT2D eigenvalue weighted by Gasteiger charge is 2.31. The molecular weight excluding hydrogens is 284 g/mol. The molecule has 0 amide bonds. The van der Waals surface area contributed by atoms with E-state index in [2.05, 4.69) is 0 Å². The second-order valence-electron chi connectivity index (χ2n) is 4.98. The Morgan fingerprint density at radius 2 is 1.95 bits per heavy atom. The van der Waals surface area contributed by atoms with Gasteiger partial charge in [0.05, 0.1) is 12.7 Å². The molecule has 0 spiro atoms. The lowest BCUT2D eigenvalue weighted by Crippen LogP contribution is -1.98. The number of ketones is 1. The Morgan fingerprint density at radius 3 is 2.64 bits per heavy atom. The Kier molecular flexibility index (Phi) is 3.25. The Bertz CT molecular complexity index is 805. The monoisotopic (exact) mass is 298 g/mol. The minimum atomic E-state index is -0.430. The number of phenolic OH excluding ortho intramolecular Hbond substituents is 2. The van der Waals surface area contributed by atoms with E-state index in [1.807, 2.05) is 13.0 Å². The molecule has 3 rings (SSSR count). The van der Waals surface area contributed by atoms with Crippen molar-refractivity contribution < 1.29 is 24.5 Å².